The van der Waals surface area contributed by atoms with Gasteiger partial charge >= 0.3 is 11.9 Å². The molecule has 0 bridgehead atoms. The zero-order valence-corrected chi connectivity index (χ0v) is 48.8. The number of likely N-dealkylation sites (N-methyl/N-ethyl adjacent to an activating group) is 1. The molecule has 0 saturated carbocycles. The Kier molecular flexibility index (Phi) is 53.8. The first-order valence-corrected chi connectivity index (χ1v) is 31.1. The molecule has 0 fully saturated rings. The van der Waals surface area contributed by atoms with E-state index in [1.165, 1.54) is 218 Å². The van der Waals surface area contributed by atoms with Crippen molar-refractivity contribution in [2.24, 2.45) is 0 Å². The molecule has 2 atom stereocenters. The van der Waals surface area contributed by atoms with Crippen molar-refractivity contribution < 1.29 is 42.9 Å². The Hall–Kier alpha value is -2.49. The first-order valence-electron chi connectivity index (χ1n) is 31.1. The van der Waals surface area contributed by atoms with E-state index in [-0.39, 0.29) is 32.2 Å². The fourth-order valence-corrected chi connectivity index (χ4v) is 9.08. The first kappa shape index (κ1) is 70.5. The van der Waals surface area contributed by atoms with Crippen molar-refractivity contribution in [1.29, 1.82) is 0 Å². The van der Waals surface area contributed by atoms with Crippen molar-refractivity contribution in [2.45, 2.75) is 309 Å². The Labute approximate surface area is 451 Å². The standard InChI is InChI=1S/C64H119NO8/c1-6-8-10-12-14-16-18-19-20-21-22-23-24-25-26-27-28-29-30-31-32-33-34-35-36-37-38-39-40-41-42-43-45-47-49-51-53-55-62(67)73-60(59-72-64(63(68)69)70-57-56-65(3,4)5)58-71-61(66)54-52-50-48-46-44-17-15-13-11-9-7-2/h18-19,21-22,24-25,60,64H,6-17,20,23,26-59H2,1-5H3/b19-18-,22-21-,25-24-. The number of hydrogen-bond donors (Lipinski definition) is 0. The van der Waals surface area contributed by atoms with Crippen LogP contribution in [0.25, 0.3) is 0 Å². The lowest BCUT2D eigenvalue weighted by Gasteiger charge is -2.26. The van der Waals surface area contributed by atoms with Gasteiger partial charge in [0.15, 0.2) is 12.4 Å². The summed E-state index contributed by atoms with van der Waals surface area (Å²) in [4.78, 5) is 37.2. The van der Waals surface area contributed by atoms with Gasteiger partial charge in [0.1, 0.15) is 13.2 Å². The van der Waals surface area contributed by atoms with E-state index >= 15 is 0 Å². The van der Waals surface area contributed by atoms with E-state index in [4.69, 9.17) is 18.9 Å². The lowest BCUT2D eigenvalue weighted by molar-refractivity contribution is -0.870. The Balaban J connectivity index is 3.94. The summed E-state index contributed by atoms with van der Waals surface area (Å²) in [6.07, 6.45) is 65.2. The molecule has 0 heterocycles. The lowest BCUT2D eigenvalue weighted by atomic mass is 10.0. The molecule has 0 N–H and O–H groups in total. The molecule has 0 radical (unpaired) electrons. The summed E-state index contributed by atoms with van der Waals surface area (Å²) in [5.74, 6) is -2.26. The molecule has 9 nitrogen and oxygen atoms in total. The largest absolute Gasteiger partial charge is 0.545 e. The van der Waals surface area contributed by atoms with Crippen LogP contribution in [0.4, 0.5) is 0 Å². The van der Waals surface area contributed by atoms with E-state index in [0.717, 1.165) is 51.4 Å². The topological polar surface area (TPSA) is 111 Å². The number of esters is 2. The van der Waals surface area contributed by atoms with E-state index in [9.17, 15) is 19.5 Å². The molecule has 0 aliphatic rings. The Morgan fingerprint density at radius 2 is 0.740 bits per heavy atom. The molecule has 9 heteroatoms. The summed E-state index contributed by atoms with van der Waals surface area (Å²) in [5.41, 5.74) is 0. The second-order valence-corrected chi connectivity index (χ2v) is 22.4. The number of carboxylic acid groups (broad SMARTS) is 1. The zero-order chi connectivity index (χ0) is 53.4. The number of ether oxygens (including phenoxy) is 4. The molecule has 0 spiro atoms. The third-order valence-electron chi connectivity index (χ3n) is 13.9. The summed E-state index contributed by atoms with van der Waals surface area (Å²) in [7, 11) is 5.93. The number of aliphatic carboxylic acids is 1. The van der Waals surface area contributed by atoms with Crippen LogP contribution in [0.1, 0.15) is 296 Å². The second-order valence-electron chi connectivity index (χ2n) is 22.4. The van der Waals surface area contributed by atoms with Crippen molar-refractivity contribution >= 4 is 17.9 Å². The van der Waals surface area contributed by atoms with E-state index in [1.807, 2.05) is 21.1 Å². The molecule has 0 saturated heterocycles. The highest BCUT2D eigenvalue weighted by molar-refractivity contribution is 5.70. The molecule has 0 amide bonds. The van der Waals surface area contributed by atoms with Crippen molar-refractivity contribution in [3.63, 3.8) is 0 Å². The number of unbranched alkanes of at least 4 members (excludes halogenated alkanes) is 37. The number of carboxylic acids is 1. The van der Waals surface area contributed by atoms with Crippen LogP contribution >= 0.6 is 0 Å². The van der Waals surface area contributed by atoms with Gasteiger partial charge in [-0.05, 0) is 51.4 Å². The van der Waals surface area contributed by atoms with E-state index in [1.54, 1.807) is 0 Å². The highest BCUT2D eigenvalue weighted by Gasteiger charge is 2.22. The van der Waals surface area contributed by atoms with Crippen LogP contribution in [-0.2, 0) is 33.3 Å². The molecule has 0 aromatic heterocycles. The number of nitrogens with zero attached hydrogens (tertiary/aromatic N) is 1. The molecule has 73 heavy (non-hydrogen) atoms. The van der Waals surface area contributed by atoms with Gasteiger partial charge in [-0.3, -0.25) is 9.59 Å². The molecular weight excluding hydrogens is 911 g/mol. The van der Waals surface area contributed by atoms with Gasteiger partial charge in [-0.15, -0.1) is 0 Å². The summed E-state index contributed by atoms with van der Waals surface area (Å²) >= 11 is 0. The predicted molar refractivity (Wildman–Crippen MR) is 306 cm³/mol. The van der Waals surface area contributed by atoms with Gasteiger partial charge in [-0.2, -0.15) is 0 Å². The van der Waals surface area contributed by atoms with Crippen LogP contribution < -0.4 is 5.11 Å². The second kappa shape index (κ2) is 55.7. The van der Waals surface area contributed by atoms with Gasteiger partial charge in [0, 0.05) is 12.8 Å². The molecule has 0 aliphatic heterocycles. The van der Waals surface area contributed by atoms with Gasteiger partial charge in [0.2, 0.25) is 0 Å². The third kappa shape index (κ3) is 57.1. The minimum Gasteiger partial charge on any atom is -0.545 e. The predicted octanol–water partition coefficient (Wildman–Crippen LogP) is 17.1. The number of carbonyl (C=O) groups excluding carboxylic acids is 3. The maximum absolute atomic E-state index is 12.8. The van der Waals surface area contributed by atoms with Crippen molar-refractivity contribution in [2.75, 3.05) is 47.5 Å². The summed E-state index contributed by atoms with van der Waals surface area (Å²) in [5, 5.41) is 11.7. The van der Waals surface area contributed by atoms with Gasteiger partial charge in [-0.1, -0.05) is 269 Å². The Morgan fingerprint density at radius 1 is 0.411 bits per heavy atom. The zero-order valence-electron chi connectivity index (χ0n) is 48.8. The fraction of sp³-hybridized carbons (Fsp3) is 0.859. The summed E-state index contributed by atoms with van der Waals surface area (Å²) in [6, 6.07) is 0. The van der Waals surface area contributed by atoms with E-state index in [2.05, 4.69) is 50.3 Å². The molecule has 2 unspecified atom stereocenters. The van der Waals surface area contributed by atoms with Gasteiger partial charge in [0.25, 0.3) is 0 Å². The maximum atomic E-state index is 12.8. The van der Waals surface area contributed by atoms with Crippen LogP contribution in [0, 0.1) is 0 Å². The monoisotopic (exact) mass is 1030 g/mol. The minimum atomic E-state index is -1.62. The van der Waals surface area contributed by atoms with Gasteiger partial charge in [0.05, 0.1) is 40.3 Å². The fourth-order valence-electron chi connectivity index (χ4n) is 9.08. The number of hydrogen-bond acceptors (Lipinski definition) is 8. The number of quaternary nitrogens is 1. The molecule has 0 aromatic rings. The molecule has 0 aromatic carbocycles. The first-order chi connectivity index (χ1) is 35.6. The SMILES string of the molecule is CCCCCCC/C=C\C/C=C\C/C=C\CCCCCCCCCCCCCCCCCCCCCCCCC(=O)OC(COC(=O)CCCCCCCCCCCCC)COC(OCC[N+](C)(C)C)C(=O)[O-]. The van der Waals surface area contributed by atoms with Crippen LogP contribution in [0.5, 0.6) is 0 Å². The molecular formula is C64H119NO8. The molecule has 428 valence electrons. The summed E-state index contributed by atoms with van der Waals surface area (Å²) in [6.45, 7) is 4.76. The van der Waals surface area contributed by atoms with Crippen LogP contribution in [0.2, 0.25) is 0 Å². The highest BCUT2D eigenvalue weighted by atomic mass is 16.7. The molecule has 0 rings (SSSR count). The van der Waals surface area contributed by atoms with E-state index in [0.29, 0.717) is 17.4 Å². The Morgan fingerprint density at radius 3 is 1.10 bits per heavy atom. The number of carbonyl (C=O) groups is 3. The molecule has 0 aliphatic carbocycles. The maximum Gasteiger partial charge on any atom is 0.306 e. The lowest BCUT2D eigenvalue weighted by Crippen LogP contribution is -2.44. The van der Waals surface area contributed by atoms with Crippen LogP contribution in [-0.4, -0.2) is 82.3 Å². The van der Waals surface area contributed by atoms with Crippen LogP contribution in [0.3, 0.4) is 0 Å². The van der Waals surface area contributed by atoms with Crippen molar-refractivity contribution in [3.05, 3.63) is 36.5 Å². The minimum absolute atomic E-state index is 0.151. The number of rotatable bonds is 58. The van der Waals surface area contributed by atoms with Gasteiger partial charge < -0.3 is 33.3 Å². The smallest absolute Gasteiger partial charge is 0.306 e. The van der Waals surface area contributed by atoms with E-state index < -0.39 is 24.3 Å². The quantitative estimate of drug-likeness (QED) is 0.0195. The highest BCUT2D eigenvalue weighted by Crippen LogP contribution is 2.17. The average molecular weight is 1030 g/mol. The third-order valence-corrected chi connectivity index (χ3v) is 13.9. The van der Waals surface area contributed by atoms with Crippen molar-refractivity contribution in [1.82, 2.24) is 0 Å². The van der Waals surface area contributed by atoms with Gasteiger partial charge in [-0.25, -0.2) is 0 Å². The van der Waals surface area contributed by atoms with Crippen LogP contribution in [0.15, 0.2) is 36.5 Å². The summed E-state index contributed by atoms with van der Waals surface area (Å²) < 4.78 is 22.7. The normalized spacial score (nSPS) is 12.9. The average Bonchev–Trinajstić information content (AvgIpc) is 3.36. The van der Waals surface area contributed by atoms with Crippen molar-refractivity contribution in [3.8, 4) is 0 Å². The number of allylic oxidation sites excluding steroid dienone is 6. The Bertz CT molecular complexity index is 1290.